The molecule has 1 amide bonds. The first-order valence-electron chi connectivity index (χ1n) is 4.66. The molecular weight excluding hydrogens is 233 g/mol. The van der Waals surface area contributed by atoms with Crippen LogP contribution in [0.5, 0.6) is 0 Å². The van der Waals surface area contributed by atoms with Crippen LogP contribution in [0.2, 0.25) is 5.02 Å². The lowest BCUT2D eigenvalue weighted by atomic mass is 10.0. The number of benzene rings is 1. The van der Waals surface area contributed by atoms with Gasteiger partial charge in [0.15, 0.2) is 0 Å². The molecule has 0 radical (unpaired) electrons. The first kappa shape index (κ1) is 12.9. The first-order chi connectivity index (χ1) is 7.45. The normalized spacial score (nSPS) is 12.3. The fourth-order valence-electron chi connectivity index (χ4n) is 1.31. The van der Waals surface area contributed by atoms with Gasteiger partial charge in [-0.1, -0.05) is 11.6 Å². The summed E-state index contributed by atoms with van der Waals surface area (Å²) in [7, 11) is 0. The molecule has 1 unspecified atom stereocenters. The van der Waals surface area contributed by atoms with E-state index in [0.717, 1.165) is 0 Å². The lowest BCUT2D eigenvalue weighted by molar-refractivity contribution is -0.121. The summed E-state index contributed by atoms with van der Waals surface area (Å²) >= 11 is 5.91. The maximum atomic E-state index is 13.3. The fraction of sp³-hybridized carbons (Fsp3) is 0.300. The van der Waals surface area contributed by atoms with Crippen molar-refractivity contribution in [1.29, 1.82) is 0 Å². The fourth-order valence-corrected chi connectivity index (χ4v) is 1.67. The maximum absolute atomic E-state index is 13.3. The molecule has 0 heterocycles. The second-order valence-electron chi connectivity index (χ2n) is 3.50. The first-order valence-corrected chi connectivity index (χ1v) is 5.04. The maximum Gasteiger partial charge on any atom is 0.235 e. The van der Waals surface area contributed by atoms with E-state index in [1.54, 1.807) is 6.92 Å². The quantitative estimate of drug-likeness (QED) is 0.425. The Bertz CT molecular complexity index is 411. The van der Waals surface area contributed by atoms with Crippen molar-refractivity contribution in [2.75, 3.05) is 0 Å². The lowest BCUT2D eigenvalue weighted by Gasteiger charge is -2.13. The van der Waals surface area contributed by atoms with Gasteiger partial charge >= 0.3 is 0 Å². The number of amides is 1. The zero-order valence-corrected chi connectivity index (χ0v) is 9.51. The molecule has 16 heavy (non-hydrogen) atoms. The summed E-state index contributed by atoms with van der Waals surface area (Å²) in [5.74, 6) is 4.10. The number of carbonyl (C=O) groups excluding carboxylic acids is 1. The molecule has 0 aromatic heterocycles. The van der Waals surface area contributed by atoms with Crippen LogP contribution >= 0.6 is 11.6 Å². The number of hydrogen-bond donors (Lipinski definition) is 3. The van der Waals surface area contributed by atoms with E-state index >= 15 is 0 Å². The Kier molecular flexibility index (Phi) is 4.23. The van der Waals surface area contributed by atoms with E-state index in [-0.39, 0.29) is 6.42 Å². The average Bonchev–Trinajstić information content (AvgIpc) is 2.23. The summed E-state index contributed by atoms with van der Waals surface area (Å²) in [6.45, 7) is 1.60. The summed E-state index contributed by atoms with van der Waals surface area (Å²) in [5, 5.41) is 0.344. The Labute approximate surface area is 97.7 Å². The number of halogens is 2. The van der Waals surface area contributed by atoms with Crippen molar-refractivity contribution in [3.05, 3.63) is 34.1 Å². The molecule has 88 valence electrons. The summed E-state index contributed by atoms with van der Waals surface area (Å²) in [6, 6.07) is 2.05. The van der Waals surface area contributed by atoms with Crippen molar-refractivity contribution in [2.24, 2.45) is 11.6 Å². The van der Waals surface area contributed by atoms with E-state index in [9.17, 15) is 9.18 Å². The SMILES string of the molecule is Cc1cc(Cl)c(C(N)CC(=O)NN)cc1F. The van der Waals surface area contributed by atoms with E-state index in [4.69, 9.17) is 23.2 Å². The van der Waals surface area contributed by atoms with Crippen LogP contribution in [0.25, 0.3) is 0 Å². The van der Waals surface area contributed by atoms with E-state index in [1.807, 2.05) is 5.43 Å². The van der Waals surface area contributed by atoms with Gasteiger partial charge in [0.05, 0.1) is 0 Å². The van der Waals surface area contributed by atoms with Gasteiger partial charge in [0.1, 0.15) is 5.82 Å². The Balaban J connectivity index is 2.95. The van der Waals surface area contributed by atoms with Crippen LogP contribution in [0.4, 0.5) is 4.39 Å². The zero-order valence-electron chi connectivity index (χ0n) is 8.76. The highest BCUT2D eigenvalue weighted by atomic mass is 35.5. The molecule has 4 nitrogen and oxygen atoms in total. The summed E-state index contributed by atoms with van der Waals surface area (Å²) in [6.07, 6.45) is -0.0429. The molecule has 1 aromatic rings. The predicted molar refractivity (Wildman–Crippen MR) is 60.0 cm³/mol. The molecule has 0 fully saturated rings. The Morgan fingerprint density at radius 1 is 1.62 bits per heavy atom. The third-order valence-electron chi connectivity index (χ3n) is 2.24. The molecule has 1 rings (SSSR count). The van der Waals surface area contributed by atoms with E-state index < -0.39 is 17.8 Å². The number of carbonyl (C=O) groups is 1. The molecule has 5 N–H and O–H groups in total. The van der Waals surface area contributed by atoms with Crippen molar-refractivity contribution in [2.45, 2.75) is 19.4 Å². The standard InChI is InChI=1S/C10H13ClFN3O/c1-5-2-7(11)6(3-8(5)12)9(13)4-10(16)15-14/h2-3,9H,4,13-14H2,1H3,(H,15,16). The molecule has 0 bridgehead atoms. The van der Waals surface area contributed by atoms with E-state index in [0.29, 0.717) is 16.1 Å². The monoisotopic (exact) mass is 245 g/mol. The van der Waals surface area contributed by atoms with Gasteiger partial charge in [-0.2, -0.15) is 0 Å². The molecule has 1 atom stereocenters. The van der Waals surface area contributed by atoms with Crippen LogP contribution < -0.4 is 17.0 Å². The molecule has 0 aliphatic heterocycles. The van der Waals surface area contributed by atoms with Crippen LogP contribution in [0.15, 0.2) is 12.1 Å². The minimum Gasteiger partial charge on any atom is -0.323 e. The van der Waals surface area contributed by atoms with Crippen molar-refractivity contribution >= 4 is 17.5 Å². The van der Waals surface area contributed by atoms with Crippen molar-refractivity contribution < 1.29 is 9.18 Å². The smallest absolute Gasteiger partial charge is 0.235 e. The summed E-state index contributed by atoms with van der Waals surface area (Å²) < 4.78 is 13.3. The van der Waals surface area contributed by atoms with Gasteiger partial charge in [0.2, 0.25) is 5.91 Å². The second kappa shape index (κ2) is 5.25. The van der Waals surface area contributed by atoms with Crippen LogP contribution in [0, 0.1) is 12.7 Å². The zero-order chi connectivity index (χ0) is 12.3. The number of hydrazine groups is 1. The molecule has 0 aliphatic carbocycles. The molecule has 1 aromatic carbocycles. The highest BCUT2D eigenvalue weighted by Crippen LogP contribution is 2.26. The molecule has 0 spiro atoms. The largest absolute Gasteiger partial charge is 0.323 e. The van der Waals surface area contributed by atoms with Gasteiger partial charge in [-0.25, -0.2) is 10.2 Å². The predicted octanol–water partition coefficient (Wildman–Crippen LogP) is 1.17. The molecule has 0 aliphatic rings. The number of aryl methyl sites for hydroxylation is 1. The van der Waals surface area contributed by atoms with Gasteiger partial charge in [0.25, 0.3) is 0 Å². The topological polar surface area (TPSA) is 81.1 Å². The van der Waals surface area contributed by atoms with Gasteiger partial charge in [0, 0.05) is 17.5 Å². The highest BCUT2D eigenvalue weighted by Gasteiger charge is 2.15. The van der Waals surface area contributed by atoms with Gasteiger partial charge in [-0.3, -0.25) is 10.2 Å². The van der Waals surface area contributed by atoms with Crippen molar-refractivity contribution in [1.82, 2.24) is 5.43 Å². The van der Waals surface area contributed by atoms with Gasteiger partial charge < -0.3 is 5.73 Å². The molecule has 0 saturated heterocycles. The number of nitrogens with one attached hydrogen (secondary N) is 1. The highest BCUT2D eigenvalue weighted by molar-refractivity contribution is 6.31. The minimum absolute atomic E-state index is 0.0429. The van der Waals surface area contributed by atoms with E-state index in [1.165, 1.54) is 12.1 Å². The van der Waals surface area contributed by atoms with Crippen LogP contribution in [0.1, 0.15) is 23.6 Å². The van der Waals surface area contributed by atoms with Gasteiger partial charge in [-0.15, -0.1) is 0 Å². The average molecular weight is 246 g/mol. The number of rotatable bonds is 3. The summed E-state index contributed by atoms with van der Waals surface area (Å²) in [5.41, 5.74) is 8.51. The van der Waals surface area contributed by atoms with Crippen molar-refractivity contribution in [3.63, 3.8) is 0 Å². The third kappa shape index (κ3) is 2.91. The Morgan fingerprint density at radius 3 is 2.81 bits per heavy atom. The van der Waals surface area contributed by atoms with Crippen LogP contribution in [-0.4, -0.2) is 5.91 Å². The Morgan fingerprint density at radius 2 is 2.25 bits per heavy atom. The number of nitrogens with two attached hydrogens (primary N) is 2. The van der Waals surface area contributed by atoms with Crippen LogP contribution in [-0.2, 0) is 4.79 Å². The second-order valence-corrected chi connectivity index (χ2v) is 3.91. The Hall–Kier alpha value is -1.17. The molecular formula is C10H13ClFN3O. The lowest BCUT2D eigenvalue weighted by Crippen LogP contribution is -2.32. The number of hydrogen-bond acceptors (Lipinski definition) is 3. The molecule has 6 heteroatoms. The summed E-state index contributed by atoms with van der Waals surface area (Å²) in [4.78, 5) is 11.0. The molecule has 0 saturated carbocycles. The minimum atomic E-state index is -0.675. The third-order valence-corrected chi connectivity index (χ3v) is 2.57. The van der Waals surface area contributed by atoms with Gasteiger partial charge in [-0.05, 0) is 30.2 Å². The van der Waals surface area contributed by atoms with E-state index in [2.05, 4.69) is 0 Å². The van der Waals surface area contributed by atoms with Crippen LogP contribution in [0.3, 0.4) is 0 Å². The van der Waals surface area contributed by atoms with Crippen molar-refractivity contribution in [3.8, 4) is 0 Å².